The number of hydrogen-bond acceptors (Lipinski definition) is 9. The Morgan fingerprint density at radius 2 is 1.98 bits per heavy atom. The van der Waals surface area contributed by atoms with Gasteiger partial charge in [-0.3, -0.25) is 4.79 Å². The zero-order valence-electron chi connectivity index (χ0n) is 22.2. The molecule has 3 aliphatic heterocycles. The number of fused-ring (bicyclic) bond motifs is 5. The van der Waals surface area contributed by atoms with Gasteiger partial charge in [-0.05, 0) is 56.2 Å². The van der Waals surface area contributed by atoms with E-state index < -0.39 is 5.82 Å². The number of carbonyl (C=O) groups excluding carboxylic acids is 1. The Kier molecular flexibility index (Phi) is 5.95. The van der Waals surface area contributed by atoms with Crippen LogP contribution in [0.25, 0.3) is 16.7 Å². The molecule has 0 radical (unpaired) electrons. The largest absolute Gasteiger partial charge is 0.457 e. The third-order valence-corrected chi connectivity index (χ3v) is 7.82. The number of anilines is 3. The van der Waals surface area contributed by atoms with Crippen molar-refractivity contribution in [3.63, 3.8) is 0 Å². The van der Waals surface area contributed by atoms with Gasteiger partial charge in [0.2, 0.25) is 5.91 Å². The molecule has 11 nitrogen and oxygen atoms in total. The van der Waals surface area contributed by atoms with E-state index >= 15 is 4.39 Å². The number of amides is 1. The number of piperazine rings is 1. The fourth-order valence-electron chi connectivity index (χ4n) is 5.67. The molecule has 3 saturated heterocycles. The third kappa shape index (κ3) is 4.37. The standard InChI is InChI=1S/C29H26FN9O2/c1-3-26(40)38-14-18-4-5-19(38)13-37(18)24-9-7-22-28(36-24)29(33-15-31-22)35-21-6-8-23(17(2)27(21)30)41-20-10-11-39-25(12-20)32-16-34-39/h3,6-12,15-16,18-19H,1,4-5,13-14H2,2H3,(H,31,33,35)/t18-,19-/m0/s1. The van der Waals surface area contributed by atoms with E-state index in [0.29, 0.717) is 52.7 Å². The van der Waals surface area contributed by atoms with E-state index in [-0.39, 0.29) is 23.7 Å². The van der Waals surface area contributed by atoms with Crippen molar-refractivity contribution in [2.75, 3.05) is 23.3 Å². The summed E-state index contributed by atoms with van der Waals surface area (Å²) in [6.07, 6.45) is 7.93. The van der Waals surface area contributed by atoms with E-state index in [1.54, 1.807) is 41.9 Å². The lowest BCUT2D eigenvalue weighted by atomic mass is 9.90. The minimum absolute atomic E-state index is 0.0316. The second-order valence-corrected chi connectivity index (χ2v) is 10.2. The smallest absolute Gasteiger partial charge is 0.246 e. The highest BCUT2D eigenvalue weighted by Crippen LogP contribution is 2.35. The maximum absolute atomic E-state index is 15.6. The number of benzene rings is 1. The number of halogens is 1. The van der Waals surface area contributed by atoms with Gasteiger partial charge in [0, 0.05) is 43.0 Å². The average Bonchev–Trinajstić information content (AvgIpc) is 3.48. The Morgan fingerprint density at radius 3 is 2.80 bits per heavy atom. The molecule has 1 aromatic carbocycles. The van der Waals surface area contributed by atoms with Crippen molar-refractivity contribution < 1.29 is 13.9 Å². The third-order valence-electron chi connectivity index (χ3n) is 7.82. The van der Waals surface area contributed by atoms with E-state index in [0.717, 1.165) is 18.7 Å². The van der Waals surface area contributed by atoms with Crippen molar-refractivity contribution >= 4 is 39.9 Å². The molecule has 0 saturated carbocycles. The molecule has 0 aliphatic carbocycles. The summed E-state index contributed by atoms with van der Waals surface area (Å²) in [5.41, 5.74) is 2.38. The van der Waals surface area contributed by atoms with Crippen molar-refractivity contribution in [1.82, 2.24) is 34.4 Å². The van der Waals surface area contributed by atoms with Crippen molar-refractivity contribution in [2.45, 2.75) is 31.8 Å². The number of aromatic nitrogens is 6. The highest BCUT2D eigenvalue weighted by molar-refractivity contribution is 5.89. The number of nitrogens with one attached hydrogen (secondary N) is 1. The molecule has 41 heavy (non-hydrogen) atoms. The lowest BCUT2D eigenvalue weighted by molar-refractivity contribution is -0.131. The summed E-state index contributed by atoms with van der Waals surface area (Å²) in [4.78, 5) is 34.3. The summed E-state index contributed by atoms with van der Waals surface area (Å²) in [6, 6.07) is 10.9. The van der Waals surface area contributed by atoms with Gasteiger partial charge in [0.15, 0.2) is 17.3 Å². The molecule has 1 amide bonds. The minimum Gasteiger partial charge on any atom is -0.457 e. The summed E-state index contributed by atoms with van der Waals surface area (Å²) in [7, 11) is 0. The van der Waals surface area contributed by atoms with Crippen LogP contribution in [0.2, 0.25) is 0 Å². The normalized spacial score (nSPS) is 18.2. The lowest BCUT2D eigenvalue weighted by Crippen LogP contribution is -2.64. The quantitative estimate of drug-likeness (QED) is 0.307. The van der Waals surface area contributed by atoms with Crippen molar-refractivity contribution in [3.8, 4) is 11.5 Å². The van der Waals surface area contributed by atoms with Crippen molar-refractivity contribution in [1.29, 1.82) is 0 Å². The van der Waals surface area contributed by atoms with Crippen LogP contribution in [-0.4, -0.2) is 65.5 Å². The summed E-state index contributed by atoms with van der Waals surface area (Å²) in [5.74, 6) is 1.59. The number of carbonyl (C=O) groups is 1. The fraction of sp³-hybridized carbons (Fsp3) is 0.241. The first-order chi connectivity index (χ1) is 20.0. The predicted molar refractivity (Wildman–Crippen MR) is 151 cm³/mol. The number of rotatable bonds is 6. The van der Waals surface area contributed by atoms with Crippen LogP contribution >= 0.6 is 0 Å². The van der Waals surface area contributed by atoms with Crippen LogP contribution in [0.15, 0.2) is 67.9 Å². The number of ether oxygens (including phenoxy) is 1. The second-order valence-electron chi connectivity index (χ2n) is 10.2. The fourth-order valence-corrected chi connectivity index (χ4v) is 5.67. The van der Waals surface area contributed by atoms with Gasteiger partial charge in [-0.25, -0.2) is 28.8 Å². The van der Waals surface area contributed by atoms with Gasteiger partial charge in [-0.15, -0.1) is 0 Å². The van der Waals surface area contributed by atoms with Gasteiger partial charge in [0.1, 0.15) is 35.5 Å². The van der Waals surface area contributed by atoms with Crippen molar-refractivity contribution in [2.24, 2.45) is 0 Å². The molecule has 12 heteroatoms. The number of piperidine rings is 2. The summed E-state index contributed by atoms with van der Waals surface area (Å²) in [5, 5.41) is 7.19. The molecule has 3 fully saturated rings. The molecule has 206 valence electrons. The lowest BCUT2D eigenvalue weighted by Gasteiger charge is -2.51. The van der Waals surface area contributed by atoms with Crippen LogP contribution in [0.3, 0.4) is 0 Å². The van der Waals surface area contributed by atoms with Gasteiger partial charge in [-0.1, -0.05) is 6.58 Å². The summed E-state index contributed by atoms with van der Waals surface area (Å²) < 4.78 is 23.2. The van der Waals surface area contributed by atoms with Crippen LogP contribution in [0.1, 0.15) is 18.4 Å². The Balaban J connectivity index is 1.15. The van der Waals surface area contributed by atoms with Gasteiger partial charge < -0.3 is 19.9 Å². The Hall–Kier alpha value is -5.13. The number of nitrogens with zero attached hydrogens (tertiary/aromatic N) is 8. The molecule has 8 rings (SSSR count). The van der Waals surface area contributed by atoms with Crippen LogP contribution in [0.4, 0.5) is 21.7 Å². The molecule has 2 atom stereocenters. The summed E-state index contributed by atoms with van der Waals surface area (Å²) in [6.45, 7) is 6.63. The van der Waals surface area contributed by atoms with Gasteiger partial charge in [0.25, 0.3) is 0 Å². The topological polar surface area (TPSA) is 114 Å². The first-order valence-corrected chi connectivity index (χ1v) is 13.3. The number of pyridine rings is 2. The van der Waals surface area contributed by atoms with Gasteiger partial charge in [-0.2, -0.15) is 5.10 Å². The molecule has 5 aromatic rings. The Bertz CT molecular complexity index is 1820. The molecule has 1 N–H and O–H groups in total. The minimum atomic E-state index is -0.464. The zero-order chi connectivity index (χ0) is 28.1. The monoisotopic (exact) mass is 551 g/mol. The first kappa shape index (κ1) is 24.9. The van der Waals surface area contributed by atoms with E-state index in [1.165, 1.54) is 18.7 Å². The maximum atomic E-state index is 15.6. The first-order valence-electron chi connectivity index (χ1n) is 13.3. The second kappa shape index (κ2) is 9.81. The van der Waals surface area contributed by atoms with Gasteiger partial charge in [0.05, 0.1) is 11.2 Å². The molecular formula is C29H26FN9O2. The van der Waals surface area contributed by atoms with E-state index in [2.05, 4.69) is 36.8 Å². The van der Waals surface area contributed by atoms with E-state index in [9.17, 15) is 4.79 Å². The molecule has 7 heterocycles. The Labute approximate surface area is 234 Å². The molecule has 0 spiro atoms. The van der Waals surface area contributed by atoms with Crippen LogP contribution < -0.4 is 15.0 Å². The average molecular weight is 552 g/mol. The van der Waals surface area contributed by atoms with E-state index in [1.807, 2.05) is 17.0 Å². The van der Waals surface area contributed by atoms with Crippen LogP contribution in [0, 0.1) is 12.7 Å². The van der Waals surface area contributed by atoms with Crippen LogP contribution in [0.5, 0.6) is 11.5 Å². The molecule has 3 aliphatic rings. The summed E-state index contributed by atoms with van der Waals surface area (Å²) >= 11 is 0. The molecular weight excluding hydrogens is 525 g/mol. The highest BCUT2D eigenvalue weighted by Gasteiger charge is 2.41. The molecule has 2 bridgehead atoms. The van der Waals surface area contributed by atoms with Gasteiger partial charge >= 0.3 is 0 Å². The highest BCUT2D eigenvalue weighted by atomic mass is 19.1. The Morgan fingerprint density at radius 1 is 1.10 bits per heavy atom. The molecule has 0 unspecified atom stereocenters. The predicted octanol–water partition coefficient (Wildman–Crippen LogP) is 4.42. The number of hydrogen-bond donors (Lipinski definition) is 1. The van der Waals surface area contributed by atoms with Crippen LogP contribution in [-0.2, 0) is 4.79 Å². The zero-order valence-corrected chi connectivity index (χ0v) is 22.2. The maximum Gasteiger partial charge on any atom is 0.246 e. The molecule has 4 aromatic heterocycles. The SMILES string of the molecule is C=CC(=O)N1C[C@@H]2CC[C@H]1CN2c1ccc2ncnc(Nc3ccc(Oc4ccn5ncnc5c4)c(C)c3F)c2n1. The van der Waals surface area contributed by atoms with Crippen molar-refractivity contribution in [3.05, 3.63) is 79.3 Å². The van der Waals surface area contributed by atoms with E-state index in [4.69, 9.17) is 9.72 Å².